The molecule has 4 nitrogen and oxygen atoms in total. The Morgan fingerprint density at radius 2 is 1.73 bits per heavy atom. The second-order valence-electron chi connectivity index (χ2n) is 5.31. The van der Waals surface area contributed by atoms with Crippen molar-refractivity contribution in [1.82, 2.24) is 0 Å². The van der Waals surface area contributed by atoms with Crippen LogP contribution in [-0.2, 0) is 4.79 Å². The van der Waals surface area contributed by atoms with Gasteiger partial charge in [0.05, 0.1) is 12.0 Å². The molecule has 0 aliphatic rings. The molecule has 0 aromatic heterocycles. The third-order valence-electron chi connectivity index (χ3n) is 3.62. The maximum Gasteiger partial charge on any atom is 0.165 e. The van der Waals surface area contributed by atoms with Crippen molar-refractivity contribution in [1.29, 1.82) is 0 Å². The van der Waals surface area contributed by atoms with Gasteiger partial charge in [-0.1, -0.05) is 36.4 Å². The Balaban J connectivity index is 2.12. The highest BCUT2D eigenvalue weighted by molar-refractivity contribution is 5.99. The summed E-state index contributed by atoms with van der Waals surface area (Å²) in [6, 6.07) is 13.1. The number of carbonyl (C=O) groups is 2. The largest absolute Gasteiger partial charge is 0.548 e. The Bertz CT molecular complexity index is 680. The van der Waals surface area contributed by atoms with Gasteiger partial charge in [0.1, 0.15) is 0 Å². The van der Waals surface area contributed by atoms with Crippen LogP contribution in [0.2, 0.25) is 0 Å². The van der Waals surface area contributed by atoms with E-state index >= 15 is 0 Å². The van der Waals surface area contributed by atoms with Gasteiger partial charge in [-0.2, -0.15) is 0 Å². The van der Waals surface area contributed by atoms with Gasteiger partial charge in [-0.05, 0) is 37.1 Å². The van der Waals surface area contributed by atoms with Gasteiger partial charge in [0.15, 0.2) is 5.78 Å². The minimum absolute atomic E-state index is 0.154. The van der Waals surface area contributed by atoms with E-state index in [1.165, 1.54) is 0 Å². The molecule has 0 saturated carbocycles. The minimum atomic E-state index is -1.29. The van der Waals surface area contributed by atoms with Crippen LogP contribution in [0.15, 0.2) is 48.5 Å². The number of rotatable bonds is 6. The molecule has 0 aliphatic carbocycles. The minimum Gasteiger partial charge on any atom is -0.548 e. The van der Waals surface area contributed by atoms with Gasteiger partial charge in [-0.3, -0.25) is 4.79 Å². The summed E-state index contributed by atoms with van der Waals surface area (Å²) < 4.78 is 0. The summed E-state index contributed by atoms with van der Waals surface area (Å²) in [6.07, 6.45) is -0.154. The first-order valence-corrected chi connectivity index (χ1v) is 7.10. The lowest BCUT2D eigenvalue weighted by molar-refractivity contribution is -0.306. The highest BCUT2D eigenvalue weighted by Gasteiger charge is 2.16. The fourth-order valence-electron chi connectivity index (χ4n) is 2.15. The van der Waals surface area contributed by atoms with Crippen molar-refractivity contribution in [2.45, 2.75) is 26.3 Å². The van der Waals surface area contributed by atoms with Crippen LogP contribution in [0.4, 0.5) is 5.69 Å². The second kappa shape index (κ2) is 6.89. The summed E-state index contributed by atoms with van der Waals surface area (Å²) in [7, 11) is 0. The number of hydrogen-bond acceptors (Lipinski definition) is 4. The van der Waals surface area contributed by atoms with E-state index in [0.717, 1.165) is 11.1 Å². The predicted octanol–water partition coefficient (Wildman–Crippen LogP) is 2.11. The van der Waals surface area contributed by atoms with E-state index in [9.17, 15) is 14.7 Å². The number of carboxylic acids is 1. The number of Topliss-reactive ketones (excluding diaryl/α,β-unsaturated/α-hetero) is 1. The van der Waals surface area contributed by atoms with Crippen LogP contribution < -0.4 is 10.4 Å². The van der Waals surface area contributed by atoms with E-state index in [-0.39, 0.29) is 12.2 Å². The third-order valence-corrected chi connectivity index (χ3v) is 3.62. The highest BCUT2D eigenvalue weighted by atomic mass is 16.4. The first kappa shape index (κ1) is 15.8. The Morgan fingerprint density at radius 1 is 1.05 bits per heavy atom. The van der Waals surface area contributed by atoms with E-state index in [0.29, 0.717) is 11.3 Å². The van der Waals surface area contributed by atoms with Crippen molar-refractivity contribution in [2.75, 3.05) is 5.32 Å². The Kier molecular flexibility index (Phi) is 4.94. The highest BCUT2D eigenvalue weighted by Crippen LogP contribution is 2.16. The number of benzene rings is 2. The smallest absolute Gasteiger partial charge is 0.165 e. The fourth-order valence-corrected chi connectivity index (χ4v) is 2.15. The van der Waals surface area contributed by atoms with Crippen molar-refractivity contribution >= 4 is 17.4 Å². The molecule has 0 heterocycles. The zero-order valence-corrected chi connectivity index (χ0v) is 12.6. The molecule has 1 N–H and O–H groups in total. The zero-order chi connectivity index (χ0) is 16.1. The van der Waals surface area contributed by atoms with Crippen LogP contribution in [-0.4, -0.2) is 17.8 Å². The first-order valence-electron chi connectivity index (χ1n) is 7.10. The average molecular weight is 296 g/mol. The van der Waals surface area contributed by atoms with Crippen molar-refractivity contribution < 1.29 is 14.7 Å². The van der Waals surface area contributed by atoms with Crippen molar-refractivity contribution in [3.05, 3.63) is 65.2 Å². The number of anilines is 1. The molecule has 0 bridgehead atoms. The molecule has 2 aromatic rings. The van der Waals surface area contributed by atoms with Gasteiger partial charge in [0.2, 0.25) is 0 Å². The molecule has 0 aliphatic heterocycles. The molecule has 0 amide bonds. The number of ketones is 1. The van der Waals surface area contributed by atoms with Crippen LogP contribution in [0.25, 0.3) is 0 Å². The summed E-state index contributed by atoms with van der Waals surface area (Å²) in [4.78, 5) is 23.4. The maximum absolute atomic E-state index is 12.1. The molecule has 1 atom stereocenters. The molecule has 4 heteroatoms. The molecule has 2 rings (SSSR count). The number of carbonyl (C=O) groups excluding carboxylic acids is 2. The van der Waals surface area contributed by atoms with Gasteiger partial charge >= 0.3 is 0 Å². The summed E-state index contributed by atoms with van der Waals surface area (Å²) in [5, 5.41) is 14.2. The number of carboxylic acid groups (broad SMARTS) is 1. The van der Waals surface area contributed by atoms with Gasteiger partial charge in [0, 0.05) is 17.7 Å². The van der Waals surface area contributed by atoms with E-state index < -0.39 is 12.0 Å². The van der Waals surface area contributed by atoms with Crippen LogP contribution in [0.1, 0.15) is 27.9 Å². The van der Waals surface area contributed by atoms with E-state index in [1.807, 2.05) is 26.0 Å². The topological polar surface area (TPSA) is 69.2 Å². The summed E-state index contributed by atoms with van der Waals surface area (Å²) in [6.45, 7) is 3.93. The summed E-state index contributed by atoms with van der Waals surface area (Å²) in [5.74, 6) is -1.52. The number of hydrogen-bond donors (Lipinski definition) is 1. The van der Waals surface area contributed by atoms with Crippen LogP contribution in [0.3, 0.4) is 0 Å². The lowest BCUT2D eigenvalue weighted by atomic mass is 10.0. The predicted molar refractivity (Wildman–Crippen MR) is 83.7 cm³/mol. The molecule has 0 radical (unpaired) electrons. The quantitative estimate of drug-likeness (QED) is 0.829. The molecule has 2 aromatic carbocycles. The van der Waals surface area contributed by atoms with Crippen molar-refractivity contribution in [3.8, 4) is 0 Å². The molecule has 0 spiro atoms. The molecule has 0 saturated heterocycles. The monoisotopic (exact) mass is 296 g/mol. The molecule has 22 heavy (non-hydrogen) atoms. The molecule has 0 fully saturated rings. The van der Waals surface area contributed by atoms with Crippen LogP contribution in [0.5, 0.6) is 0 Å². The van der Waals surface area contributed by atoms with Gasteiger partial charge in [-0.25, -0.2) is 0 Å². The van der Waals surface area contributed by atoms with Crippen LogP contribution >= 0.6 is 0 Å². The first-order chi connectivity index (χ1) is 10.5. The molecular formula is C18H18NO3-. The number of aryl methyl sites for hydroxylation is 2. The van der Waals surface area contributed by atoms with Gasteiger partial charge in [0.25, 0.3) is 0 Å². The van der Waals surface area contributed by atoms with E-state index in [2.05, 4.69) is 5.32 Å². The van der Waals surface area contributed by atoms with Gasteiger partial charge < -0.3 is 15.2 Å². The van der Waals surface area contributed by atoms with Crippen LogP contribution in [0, 0.1) is 13.8 Å². The maximum atomic E-state index is 12.1. The zero-order valence-electron chi connectivity index (χ0n) is 12.6. The molecular weight excluding hydrogens is 278 g/mol. The van der Waals surface area contributed by atoms with Crippen molar-refractivity contribution in [2.24, 2.45) is 0 Å². The third kappa shape index (κ3) is 3.95. The Hall–Kier alpha value is -2.62. The Morgan fingerprint density at radius 3 is 2.32 bits per heavy atom. The fraction of sp³-hybridized carbons (Fsp3) is 0.222. The SMILES string of the molecule is Cc1ccc(NC(CC(=O)c2ccccc2)C(=O)[O-])cc1C. The molecule has 114 valence electrons. The Labute approximate surface area is 129 Å². The van der Waals surface area contributed by atoms with Crippen molar-refractivity contribution in [3.63, 3.8) is 0 Å². The average Bonchev–Trinajstić information content (AvgIpc) is 2.51. The summed E-state index contributed by atoms with van der Waals surface area (Å²) >= 11 is 0. The van der Waals surface area contributed by atoms with E-state index in [1.54, 1.807) is 36.4 Å². The normalized spacial score (nSPS) is 11.7. The van der Waals surface area contributed by atoms with Gasteiger partial charge in [-0.15, -0.1) is 0 Å². The lowest BCUT2D eigenvalue weighted by Gasteiger charge is -2.21. The number of aliphatic carboxylic acids is 1. The standard InChI is InChI=1S/C18H19NO3/c1-12-8-9-15(10-13(12)2)19-16(18(21)22)11-17(20)14-6-4-3-5-7-14/h3-10,16,19H,11H2,1-2H3,(H,21,22)/p-1. The molecule has 1 unspecified atom stereocenters. The van der Waals surface area contributed by atoms with E-state index in [4.69, 9.17) is 0 Å². The number of nitrogens with one attached hydrogen (secondary N) is 1. The summed E-state index contributed by atoms with van der Waals surface area (Å²) in [5.41, 5.74) is 3.33. The second-order valence-corrected chi connectivity index (χ2v) is 5.31. The lowest BCUT2D eigenvalue weighted by Crippen LogP contribution is -2.42.